The molecule has 5 atom stereocenters. The SMILES string of the molecule is CC(=O)OC[C@H]1O[C@@H](n2nnc3c2C(=O)c2ccccc2C3=O)[C@H](OC(C)=O)[C@@H](OC(C)=O)[C@@H]1OC(C)=O. The van der Waals surface area contributed by atoms with Gasteiger partial charge in [0, 0.05) is 38.8 Å². The fourth-order valence-electron chi connectivity index (χ4n) is 4.37. The van der Waals surface area contributed by atoms with Gasteiger partial charge in [0.25, 0.3) is 0 Å². The van der Waals surface area contributed by atoms with E-state index in [2.05, 4.69) is 10.3 Å². The molecule has 0 saturated carbocycles. The maximum Gasteiger partial charge on any atom is 0.303 e. The third-order valence-electron chi connectivity index (χ3n) is 5.75. The summed E-state index contributed by atoms with van der Waals surface area (Å²) in [5.74, 6) is -4.30. The lowest BCUT2D eigenvalue weighted by Gasteiger charge is -2.44. The van der Waals surface area contributed by atoms with E-state index >= 15 is 0 Å². The molecule has 0 spiro atoms. The van der Waals surface area contributed by atoms with Crippen molar-refractivity contribution >= 4 is 35.4 Å². The average molecular weight is 529 g/mol. The minimum Gasteiger partial charge on any atom is -0.463 e. The molecule has 4 rings (SSSR count). The van der Waals surface area contributed by atoms with Crippen molar-refractivity contribution in [3.8, 4) is 0 Å². The van der Waals surface area contributed by atoms with Crippen LogP contribution in [-0.2, 0) is 42.9 Å². The third kappa shape index (κ3) is 5.02. The highest BCUT2D eigenvalue weighted by Gasteiger charge is 2.54. The summed E-state index contributed by atoms with van der Waals surface area (Å²) in [7, 11) is 0. The molecule has 200 valence electrons. The van der Waals surface area contributed by atoms with Gasteiger partial charge >= 0.3 is 23.9 Å². The van der Waals surface area contributed by atoms with Gasteiger partial charge in [-0.25, -0.2) is 4.68 Å². The lowest BCUT2D eigenvalue weighted by Crippen LogP contribution is -2.61. The molecule has 2 heterocycles. The van der Waals surface area contributed by atoms with Crippen LogP contribution in [0.5, 0.6) is 0 Å². The number of hydrogen-bond acceptors (Lipinski definition) is 13. The summed E-state index contributed by atoms with van der Waals surface area (Å²) < 4.78 is 28.2. The van der Waals surface area contributed by atoms with E-state index in [0.29, 0.717) is 0 Å². The zero-order chi connectivity index (χ0) is 27.7. The molecule has 14 heteroatoms. The smallest absolute Gasteiger partial charge is 0.303 e. The van der Waals surface area contributed by atoms with Crippen molar-refractivity contribution < 1.29 is 52.5 Å². The van der Waals surface area contributed by atoms with E-state index in [0.717, 1.165) is 32.4 Å². The van der Waals surface area contributed by atoms with E-state index < -0.39 is 72.7 Å². The number of rotatable bonds is 6. The van der Waals surface area contributed by atoms with Gasteiger partial charge in [-0.15, -0.1) is 5.10 Å². The van der Waals surface area contributed by atoms with E-state index in [9.17, 15) is 28.8 Å². The number of ketones is 2. The lowest BCUT2D eigenvalue weighted by atomic mass is 9.89. The van der Waals surface area contributed by atoms with Gasteiger partial charge in [0.2, 0.25) is 11.6 Å². The molecular formula is C24H23N3O11. The monoisotopic (exact) mass is 529 g/mol. The number of carbonyl (C=O) groups excluding carboxylic acids is 6. The van der Waals surface area contributed by atoms with Crippen molar-refractivity contribution in [1.29, 1.82) is 0 Å². The first-order chi connectivity index (χ1) is 18.0. The van der Waals surface area contributed by atoms with E-state index in [1.807, 2.05) is 0 Å². The van der Waals surface area contributed by atoms with Crippen LogP contribution in [0.25, 0.3) is 0 Å². The average Bonchev–Trinajstić information content (AvgIpc) is 3.28. The minimum absolute atomic E-state index is 0.0965. The summed E-state index contributed by atoms with van der Waals surface area (Å²) in [6.07, 6.45) is -7.20. The van der Waals surface area contributed by atoms with Crippen LogP contribution in [0.15, 0.2) is 24.3 Å². The molecule has 14 nitrogen and oxygen atoms in total. The highest BCUT2D eigenvalue weighted by atomic mass is 16.7. The first-order valence-electron chi connectivity index (χ1n) is 11.4. The predicted octanol–water partition coefficient (Wildman–Crippen LogP) is 0.309. The Morgan fingerprint density at radius 1 is 0.816 bits per heavy atom. The second kappa shape index (κ2) is 10.5. The van der Waals surface area contributed by atoms with Crippen molar-refractivity contribution in [1.82, 2.24) is 15.0 Å². The Bertz CT molecular complexity index is 1330. The van der Waals surface area contributed by atoms with Gasteiger partial charge in [-0.3, -0.25) is 28.8 Å². The molecule has 0 amide bonds. The standard InChI is InChI=1S/C24H23N3O11/c1-10(28)34-9-16-21(35-11(2)29)22(36-12(3)30)23(37-13(4)31)24(38-16)27-18-17(25-26-27)19(32)14-7-5-6-8-15(14)20(18)33/h5-8,16,21-24H,9H2,1-4H3/t16-,21-,22+,23-,24-/m1/s1. The maximum atomic E-state index is 13.4. The Hall–Kier alpha value is -4.46. The molecule has 1 fully saturated rings. The van der Waals surface area contributed by atoms with Gasteiger partial charge in [-0.05, 0) is 0 Å². The maximum absolute atomic E-state index is 13.4. The summed E-state index contributed by atoms with van der Waals surface area (Å²) in [5, 5.41) is 7.82. The normalized spacial score (nSPS) is 24.1. The summed E-state index contributed by atoms with van der Waals surface area (Å²) >= 11 is 0. The van der Waals surface area contributed by atoms with Crippen LogP contribution in [-0.4, -0.2) is 81.5 Å². The van der Waals surface area contributed by atoms with Gasteiger partial charge in [0.15, 0.2) is 30.2 Å². The van der Waals surface area contributed by atoms with Crippen LogP contribution in [0.2, 0.25) is 0 Å². The molecule has 0 N–H and O–H groups in total. The van der Waals surface area contributed by atoms with Crippen LogP contribution in [0.4, 0.5) is 0 Å². The quantitative estimate of drug-likeness (QED) is 0.315. The van der Waals surface area contributed by atoms with E-state index in [1.165, 1.54) is 12.1 Å². The second-order valence-corrected chi connectivity index (χ2v) is 8.52. The first kappa shape index (κ1) is 26.6. The molecule has 1 saturated heterocycles. The predicted molar refractivity (Wildman–Crippen MR) is 121 cm³/mol. The Labute approximate surface area is 215 Å². The van der Waals surface area contributed by atoms with Crippen molar-refractivity contribution in [3.63, 3.8) is 0 Å². The van der Waals surface area contributed by atoms with E-state index in [4.69, 9.17) is 23.7 Å². The van der Waals surface area contributed by atoms with Crippen LogP contribution in [0.3, 0.4) is 0 Å². The van der Waals surface area contributed by atoms with Crippen molar-refractivity contribution in [3.05, 3.63) is 46.8 Å². The van der Waals surface area contributed by atoms with Gasteiger partial charge in [-0.2, -0.15) is 0 Å². The van der Waals surface area contributed by atoms with Crippen LogP contribution < -0.4 is 0 Å². The van der Waals surface area contributed by atoms with Gasteiger partial charge in [-0.1, -0.05) is 29.5 Å². The number of fused-ring (bicyclic) bond motifs is 2. The van der Waals surface area contributed by atoms with Crippen molar-refractivity contribution in [2.45, 2.75) is 58.3 Å². The van der Waals surface area contributed by atoms with Gasteiger partial charge in [0.1, 0.15) is 18.4 Å². The van der Waals surface area contributed by atoms with E-state index in [1.54, 1.807) is 12.1 Å². The zero-order valence-corrected chi connectivity index (χ0v) is 20.7. The summed E-state index contributed by atoms with van der Waals surface area (Å²) in [6.45, 7) is 3.92. The zero-order valence-electron chi connectivity index (χ0n) is 20.7. The summed E-state index contributed by atoms with van der Waals surface area (Å²) in [5.41, 5.74) is -0.283. The molecule has 38 heavy (non-hydrogen) atoms. The number of ether oxygens (including phenoxy) is 5. The highest BCUT2D eigenvalue weighted by molar-refractivity contribution is 6.26. The fraction of sp³-hybridized carbons (Fsp3) is 0.417. The number of carbonyl (C=O) groups is 6. The summed E-state index contributed by atoms with van der Waals surface area (Å²) in [6, 6.07) is 6.12. The minimum atomic E-state index is -1.53. The summed E-state index contributed by atoms with van der Waals surface area (Å²) in [4.78, 5) is 74.1. The van der Waals surface area contributed by atoms with Gasteiger partial charge < -0.3 is 23.7 Å². The Morgan fingerprint density at radius 3 is 1.95 bits per heavy atom. The highest BCUT2D eigenvalue weighted by Crippen LogP contribution is 2.37. The van der Waals surface area contributed by atoms with Crippen LogP contribution in [0.1, 0.15) is 66.0 Å². The Morgan fingerprint density at radius 2 is 1.37 bits per heavy atom. The van der Waals surface area contributed by atoms with Crippen molar-refractivity contribution in [2.75, 3.05) is 6.61 Å². The Kier molecular flexibility index (Phi) is 7.35. The molecule has 1 aliphatic heterocycles. The van der Waals surface area contributed by atoms with Gasteiger partial charge in [0.05, 0.1) is 0 Å². The second-order valence-electron chi connectivity index (χ2n) is 8.52. The molecule has 2 aromatic rings. The number of esters is 4. The molecule has 1 aliphatic carbocycles. The lowest BCUT2D eigenvalue weighted by molar-refractivity contribution is -0.270. The molecule has 0 bridgehead atoms. The molecule has 2 aliphatic rings. The molecule has 1 aromatic heterocycles. The van der Waals surface area contributed by atoms with Crippen LogP contribution >= 0.6 is 0 Å². The van der Waals surface area contributed by atoms with Crippen molar-refractivity contribution in [2.24, 2.45) is 0 Å². The topological polar surface area (TPSA) is 179 Å². The first-order valence-corrected chi connectivity index (χ1v) is 11.4. The molecule has 1 aromatic carbocycles. The number of hydrogen-bond donors (Lipinski definition) is 0. The number of aromatic nitrogens is 3. The molecule has 0 unspecified atom stereocenters. The molecule has 0 radical (unpaired) electrons. The fourth-order valence-corrected chi connectivity index (χ4v) is 4.37. The van der Waals surface area contributed by atoms with Crippen LogP contribution in [0, 0.1) is 0 Å². The third-order valence-corrected chi connectivity index (χ3v) is 5.75. The largest absolute Gasteiger partial charge is 0.463 e. The van der Waals surface area contributed by atoms with E-state index in [-0.39, 0.29) is 22.5 Å². The number of nitrogens with zero attached hydrogens (tertiary/aromatic N) is 3. The number of benzene rings is 1. The Balaban J connectivity index is 1.85. The molecular weight excluding hydrogens is 506 g/mol.